The SMILES string of the molecule is CCC1CC(C(OCOC2CC(C)CCC2C(C)C)(C(F)(F)F)C(F)(F)F)CC1(F)C(C)(F)F. The van der Waals surface area contributed by atoms with E-state index in [1.165, 1.54) is 6.92 Å². The van der Waals surface area contributed by atoms with Crippen LogP contribution in [0.25, 0.3) is 0 Å². The predicted octanol–water partition coefficient (Wildman–Crippen LogP) is 8.10. The van der Waals surface area contributed by atoms with E-state index in [1.807, 2.05) is 20.8 Å². The van der Waals surface area contributed by atoms with Gasteiger partial charge in [-0.1, -0.05) is 40.5 Å². The topological polar surface area (TPSA) is 18.5 Å². The van der Waals surface area contributed by atoms with Crippen molar-refractivity contribution >= 4 is 0 Å². The van der Waals surface area contributed by atoms with Crippen LogP contribution in [-0.4, -0.2) is 42.4 Å². The van der Waals surface area contributed by atoms with E-state index < -0.39 is 67.1 Å². The number of ether oxygens (including phenoxy) is 2. The fourth-order valence-electron chi connectivity index (χ4n) is 5.90. The van der Waals surface area contributed by atoms with Crippen molar-refractivity contribution in [2.24, 2.45) is 29.6 Å². The van der Waals surface area contributed by atoms with Crippen LogP contribution >= 0.6 is 0 Å². The summed E-state index contributed by atoms with van der Waals surface area (Å²) in [6.07, 6.45) is -13.6. The zero-order valence-electron chi connectivity index (χ0n) is 20.1. The molecular weight excluding hydrogens is 479 g/mol. The highest BCUT2D eigenvalue weighted by molar-refractivity contribution is 5.12. The summed E-state index contributed by atoms with van der Waals surface area (Å²) in [5.41, 5.74) is -8.33. The minimum Gasteiger partial charge on any atom is -0.352 e. The first-order chi connectivity index (χ1) is 15.3. The molecule has 6 atom stereocenters. The molecule has 2 aliphatic rings. The van der Waals surface area contributed by atoms with Gasteiger partial charge >= 0.3 is 12.4 Å². The normalized spacial score (nSPS) is 34.1. The minimum absolute atomic E-state index is 0.0702. The minimum atomic E-state index is -6.02. The Kier molecular flexibility index (Phi) is 8.66. The van der Waals surface area contributed by atoms with Crippen molar-refractivity contribution in [2.45, 2.75) is 109 Å². The summed E-state index contributed by atoms with van der Waals surface area (Å²) >= 11 is 0. The van der Waals surface area contributed by atoms with Crippen LogP contribution in [0.4, 0.5) is 39.5 Å². The van der Waals surface area contributed by atoms with Crippen LogP contribution in [0.1, 0.15) is 73.1 Å². The van der Waals surface area contributed by atoms with Crippen LogP contribution in [0.3, 0.4) is 0 Å². The Labute approximate surface area is 194 Å². The molecule has 0 aromatic carbocycles. The molecule has 0 aromatic rings. The third-order valence-electron chi connectivity index (χ3n) is 7.93. The van der Waals surface area contributed by atoms with Gasteiger partial charge in [0.1, 0.15) is 6.79 Å². The van der Waals surface area contributed by atoms with Gasteiger partial charge in [-0.05, 0) is 49.4 Å². The van der Waals surface area contributed by atoms with Crippen LogP contribution in [0.2, 0.25) is 0 Å². The first-order valence-electron chi connectivity index (χ1n) is 11.8. The van der Waals surface area contributed by atoms with Crippen molar-refractivity contribution in [3.05, 3.63) is 0 Å². The summed E-state index contributed by atoms with van der Waals surface area (Å²) in [6, 6.07) is 0. The van der Waals surface area contributed by atoms with E-state index in [9.17, 15) is 35.1 Å². The first-order valence-corrected chi connectivity index (χ1v) is 11.8. The molecule has 2 saturated carbocycles. The smallest absolute Gasteiger partial charge is 0.352 e. The van der Waals surface area contributed by atoms with Gasteiger partial charge in [-0.3, -0.25) is 0 Å². The molecule has 0 spiro atoms. The lowest BCUT2D eigenvalue weighted by molar-refractivity contribution is -0.412. The Morgan fingerprint density at radius 1 is 0.941 bits per heavy atom. The van der Waals surface area contributed by atoms with Crippen molar-refractivity contribution in [1.29, 1.82) is 0 Å². The Morgan fingerprint density at radius 2 is 1.50 bits per heavy atom. The number of alkyl halides is 9. The van der Waals surface area contributed by atoms with Crippen LogP contribution in [-0.2, 0) is 9.47 Å². The highest BCUT2D eigenvalue weighted by Crippen LogP contribution is 2.61. The molecule has 2 rings (SSSR count). The van der Waals surface area contributed by atoms with E-state index in [0.717, 1.165) is 6.42 Å². The third-order valence-corrected chi connectivity index (χ3v) is 7.93. The van der Waals surface area contributed by atoms with Gasteiger partial charge < -0.3 is 9.47 Å². The molecule has 2 fully saturated rings. The van der Waals surface area contributed by atoms with Gasteiger partial charge in [0, 0.05) is 12.8 Å². The predicted molar refractivity (Wildman–Crippen MR) is 108 cm³/mol. The zero-order valence-corrected chi connectivity index (χ0v) is 20.1. The van der Waals surface area contributed by atoms with Gasteiger partial charge in [0.25, 0.3) is 11.5 Å². The molecule has 0 aromatic heterocycles. The third kappa shape index (κ3) is 5.34. The van der Waals surface area contributed by atoms with E-state index in [1.54, 1.807) is 0 Å². The highest BCUT2D eigenvalue weighted by Gasteiger charge is 2.79. The van der Waals surface area contributed by atoms with Crippen molar-refractivity contribution in [3.63, 3.8) is 0 Å². The molecule has 202 valence electrons. The van der Waals surface area contributed by atoms with Crippen LogP contribution in [0.5, 0.6) is 0 Å². The highest BCUT2D eigenvalue weighted by atomic mass is 19.4. The fourth-order valence-corrected chi connectivity index (χ4v) is 5.90. The molecule has 0 heterocycles. The summed E-state index contributed by atoms with van der Waals surface area (Å²) in [6.45, 7) is 5.82. The van der Waals surface area contributed by atoms with Crippen LogP contribution < -0.4 is 0 Å². The lowest BCUT2D eigenvalue weighted by atomic mass is 9.75. The van der Waals surface area contributed by atoms with Gasteiger partial charge in [0.05, 0.1) is 6.10 Å². The second kappa shape index (κ2) is 9.98. The Morgan fingerprint density at radius 3 is 1.91 bits per heavy atom. The average molecular weight is 515 g/mol. The number of rotatable bonds is 8. The molecule has 0 radical (unpaired) electrons. The molecule has 0 amide bonds. The van der Waals surface area contributed by atoms with Gasteiger partial charge in [0.15, 0.2) is 5.67 Å². The summed E-state index contributed by atoms with van der Waals surface area (Å²) in [5.74, 6) is -8.19. The second-order valence-corrected chi connectivity index (χ2v) is 10.5. The quantitative estimate of drug-likeness (QED) is 0.241. The van der Waals surface area contributed by atoms with Crippen LogP contribution in [0.15, 0.2) is 0 Å². The lowest BCUT2D eigenvalue weighted by Crippen LogP contribution is -2.63. The first kappa shape index (κ1) is 29.5. The lowest BCUT2D eigenvalue weighted by Gasteiger charge is -2.43. The maximum atomic E-state index is 15.3. The zero-order chi connectivity index (χ0) is 26.3. The maximum absolute atomic E-state index is 15.3. The summed E-state index contributed by atoms with van der Waals surface area (Å²) < 4.78 is 138. The fraction of sp³-hybridized carbons (Fsp3) is 1.00. The molecular formula is C23H35F9O2. The van der Waals surface area contributed by atoms with Crippen molar-refractivity contribution in [3.8, 4) is 0 Å². The number of hydrogen-bond donors (Lipinski definition) is 0. The molecule has 0 saturated heterocycles. The van der Waals surface area contributed by atoms with Crippen molar-refractivity contribution < 1.29 is 49.0 Å². The van der Waals surface area contributed by atoms with Gasteiger partial charge in [-0.2, -0.15) is 26.3 Å². The summed E-state index contributed by atoms with van der Waals surface area (Å²) in [5, 5.41) is 0. The van der Waals surface area contributed by atoms with Gasteiger partial charge in [-0.25, -0.2) is 13.2 Å². The van der Waals surface area contributed by atoms with Crippen molar-refractivity contribution in [1.82, 2.24) is 0 Å². The van der Waals surface area contributed by atoms with E-state index in [0.29, 0.717) is 12.8 Å². The second-order valence-electron chi connectivity index (χ2n) is 10.5. The monoisotopic (exact) mass is 514 g/mol. The molecule has 34 heavy (non-hydrogen) atoms. The standard InChI is InChI=1S/C23H35F9O2/c1-6-15-10-16(11-20(15,26)19(5,24)25)21(22(27,28)29,23(30,31)32)34-12-33-18-9-14(4)7-8-17(18)13(2)3/h13-18H,6-12H2,1-5H3. The Bertz CT molecular complexity index is 657. The van der Waals surface area contributed by atoms with E-state index in [4.69, 9.17) is 4.74 Å². The van der Waals surface area contributed by atoms with E-state index in [2.05, 4.69) is 4.74 Å². The van der Waals surface area contributed by atoms with Crippen molar-refractivity contribution in [2.75, 3.05) is 6.79 Å². The van der Waals surface area contributed by atoms with Crippen LogP contribution in [0, 0.1) is 29.6 Å². The van der Waals surface area contributed by atoms with Gasteiger partial charge in [0.2, 0.25) is 0 Å². The summed E-state index contributed by atoms with van der Waals surface area (Å²) in [4.78, 5) is 0. The molecule has 0 aliphatic heterocycles. The largest absolute Gasteiger partial charge is 0.426 e. The maximum Gasteiger partial charge on any atom is 0.426 e. The molecule has 2 nitrogen and oxygen atoms in total. The summed E-state index contributed by atoms with van der Waals surface area (Å²) in [7, 11) is 0. The molecule has 11 heteroatoms. The van der Waals surface area contributed by atoms with E-state index >= 15 is 4.39 Å². The number of halogens is 9. The molecule has 0 bridgehead atoms. The number of hydrogen-bond acceptors (Lipinski definition) is 2. The Hall–Kier alpha value is -0.710. The van der Waals surface area contributed by atoms with E-state index in [-0.39, 0.29) is 31.1 Å². The molecule has 6 unspecified atom stereocenters. The average Bonchev–Trinajstić information content (AvgIpc) is 3.00. The Balaban J connectivity index is 2.38. The molecule has 2 aliphatic carbocycles. The van der Waals surface area contributed by atoms with Gasteiger partial charge in [-0.15, -0.1) is 0 Å². The molecule has 0 N–H and O–H groups in total.